The standard InChI is InChI=1S/C23H28O9S/c1-2-30-23(26)19(15-22(25)31-16-18-6-4-3-5-7-18)14-17-8-10-20(11-9-17)32-21(24)12-13-33(27,28)29/h3-11,19,23,26H,2,12-16H2,1H3,(H,27,28,29). The third kappa shape index (κ3) is 10.6. The average molecular weight is 481 g/mol. The fraction of sp³-hybridized carbons (Fsp3) is 0.391. The molecule has 2 rings (SSSR count). The summed E-state index contributed by atoms with van der Waals surface area (Å²) >= 11 is 0. The molecule has 0 radical (unpaired) electrons. The van der Waals surface area contributed by atoms with Crippen LogP contribution in [0.1, 0.15) is 30.9 Å². The van der Waals surface area contributed by atoms with Gasteiger partial charge in [-0.25, -0.2) is 0 Å². The van der Waals surface area contributed by atoms with E-state index in [-0.39, 0.29) is 25.4 Å². The van der Waals surface area contributed by atoms with Crippen LogP contribution in [-0.2, 0) is 42.2 Å². The lowest BCUT2D eigenvalue weighted by Crippen LogP contribution is -2.28. The SMILES string of the molecule is CCOC(O)C(CC(=O)OCc1ccccc1)Cc1ccc(OC(=O)CCS(=O)(=O)O)cc1. The van der Waals surface area contributed by atoms with Gasteiger partial charge in [-0.15, -0.1) is 0 Å². The normalized spacial score (nSPS) is 13.2. The maximum atomic E-state index is 12.3. The van der Waals surface area contributed by atoms with E-state index in [2.05, 4.69) is 0 Å². The molecule has 0 fully saturated rings. The van der Waals surface area contributed by atoms with E-state index in [1.807, 2.05) is 30.3 Å². The minimum Gasteiger partial charge on any atom is -0.461 e. The molecule has 0 heterocycles. The lowest BCUT2D eigenvalue weighted by atomic mass is 9.95. The van der Waals surface area contributed by atoms with Crippen LogP contribution in [0, 0.1) is 5.92 Å². The molecule has 0 aliphatic carbocycles. The van der Waals surface area contributed by atoms with Crippen molar-refractivity contribution in [3.8, 4) is 5.75 Å². The van der Waals surface area contributed by atoms with Crippen molar-refractivity contribution in [3.63, 3.8) is 0 Å². The summed E-state index contributed by atoms with van der Waals surface area (Å²) in [4.78, 5) is 24.0. The Morgan fingerprint density at radius 2 is 1.64 bits per heavy atom. The predicted molar refractivity (Wildman–Crippen MR) is 119 cm³/mol. The molecule has 180 valence electrons. The lowest BCUT2D eigenvalue weighted by molar-refractivity contribution is -0.158. The lowest BCUT2D eigenvalue weighted by Gasteiger charge is -2.22. The Labute approximate surface area is 193 Å². The number of aliphatic hydroxyl groups is 1. The fourth-order valence-corrected chi connectivity index (χ4v) is 3.41. The summed E-state index contributed by atoms with van der Waals surface area (Å²) in [6.07, 6.45) is -1.40. The Balaban J connectivity index is 1.94. The Bertz CT molecular complexity index is 988. The smallest absolute Gasteiger partial charge is 0.312 e. The minimum atomic E-state index is -4.25. The zero-order chi connectivity index (χ0) is 24.3. The first-order chi connectivity index (χ1) is 15.7. The molecule has 2 N–H and O–H groups in total. The average Bonchev–Trinajstić information content (AvgIpc) is 2.77. The van der Waals surface area contributed by atoms with Gasteiger partial charge in [-0.2, -0.15) is 8.42 Å². The van der Waals surface area contributed by atoms with Crippen molar-refractivity contribution in [2.24, 2.45) is 5.92 Å². The molecule has 10 heteroatoms. The molecule has 0 aliphatic heterocycles. The van der Waals surface area contributed by atoms with Gasteiger partial charge in [0.25, 0.3) is 10.1 Å². The molecule has 2 unspecified atom stereocenters. The number of rotatable bonds is 13. The van der Waals surface area contributed by atoms with Crippen molar-refractivity contribution in [3.05, 3.63) is 65.7 Å². The van der Waals surface area contributed by atoms with E-state index in [9.17, 15) is 23.1 Å². The van der Waals surface area contributed by atoms with Gasteiger partial charge in [-0.05, 0) is 36.6 Å². The summed E-state index contributed by atoms with van der Waals surface area (Å²) < 4.78 is 45.7. The van der Waals surface area contributed by atoms with Crippen molar-refractivity contribution >= 4 is 22.1 Å². The predicted octanol–water partition coefficient (Wildman–Crippen LogP) is 2.52. The van der Waals surface area contributed by atoms with Gasteiger partial charge in [0.1, 0.15) is 12.4 Å². The van der Waals surface area contributed by atoms with Crippen molar-refractivity contribution < 1.29 is 41.9 Å². The van der Waals surface area contributed by atoms with E-state index in [0.29, 0.717) is 6.42 Å². The Morgan fingerprint density at radius 3 is 2.24 bits per heavy atom. The second-order valence-electron chi connectivity index (χ2n) is 7.31. The van der Waals surface area contributed by atoms with Gasteiger partial charge < -0.3 is 19.3 Å². The summed E-state index contributed by atoms with van der Waals surface area (Å²) in [6.45, 7) is 2.14. The number of ether oxygens (including phenoxy) is 3. The number of carbonyl (C=O) groups excluding carboxylic acids is 2. The van der Waals surface area contributed by atoms with Crippen LogP contribution in [0.5, 0.6) is 5.75 Å². The Morgan fingerprint density at radius 1 is 0.970 bits per heavy atom. The van der Waals surface area contributed by atoms with Crippen LogP contribution in [0.4, 0.5) is 0 Å². The minimum absolute atomic E-state index is 0.0552. The number of benzene rings is 2. The van der Waals surface area contributed by atoms with Crippen LogP contribution in [0.25, 0.3) is 0 Å². The Hall–Kier alpha value is -2.79. The molecular formula is C23H28O9S. The maximum Gasteiger partial charge on any atom is 0.312 e. The Kier molecular flexibility index (Phi) is 10.5. The zero-order valence-corrected chi connectivity index (χ0v) is 19.1. The molecule has 0 amide bonds. The number of carbonyl (C=O) groups is 2. The second-order valence-corrected chi connectivity index (χ2v) is 8.89. The van der Waals surface area contributed by atoms with Crippen molar-refractivity contribution in [1.29, 1.82) is 0 Å². The van der Waals surface area contributed by atoms with Crippen LogP contribution in [0.3, 0.4) is 0 Å². The molecule has 33 heavy (non-hydrogen) atoms. The number of hydrogen-bond donors (Lipinski definition) is 2. The first-order valence-corrected chi connectivity index (χ1v) is 12.0. The van der Waals surface area contributed by atoms with E-state index in [1.165, 1.54) is 12.1 Å². The van der Waals surface area contributed by atoms with Crippen LogP contribution < -0.4 is 4.74 Å². The van der Waals surface area contributed by atoms with Crippen LogP contribution in [-0.4, -0.2) is 48.7 Å². The maximum absolute atomic E-state index is 12.3. The highest BCUT2D eigenvalue weighted by Crippen LogP contribution is 2.21. The van der Waals surface area contributed by atoms with E-state index in [1.54, 1.807) is 19.1 Å². The first kappa shape index (κ1) is 26.5. The molecule has 0 saturated carbocycles. The zero-order valence-electron chi connectivity index (χ0n) is 18.3. The van der Waals surface area contributed by atoms with Gasteiger partial charge in [0.2, 0.25) is 0 Å². The summed E-state index contributed by atoms with van der Waals surface area (Å²) in [5.74, 6) is -2.35. The molecule has 2 aromatic carbocycles. The van der Waals surface area contributed by atoms with Gasteiger partial charge in [0, 0.05) is 12.5 Å². The van der Waals surface area contributed by atoms with Gasteiger partial charge in [-0.1, -0.05) is 42.5 Å². The fourth-order valence-electron chi connectivity index (χ4n) is 2.98. The van der Waals surface area contributed by atoms with Gasteiger partial charge in [0.15, 0.2) is 6.29 Å². The second kappa shape index (κ2) is 13.0. The summed E-state index contributed by atoms with van der Waals surface area (Å²) in [6, 6.07) is 15.6. The van der Waals surface area contributed by atoms with Crippen molar-refractivity contribution in [2.45, 2.75) is 39.1 Å². The third-order valence-corrected chi connectivity index (χ3v) is 5.35. The first-order valence-electron chi connectivity index (χ1n) is 10.4. The largest absolute Gasteiger partial charge is 0.461 e. The summed E-state index contributed by atoms with van der Waals surface area (Å²) in [5, 5.41) is 10.3. The van der Waals surface area contributed by atoms with Crippen LogP contribution in [0.2, 0.25) is 0 Å². The molecule has 0 aliphatic rings. The molecule has 0 spiro atoms. The highest BCUT2D eigenvalue weighted by Gasteiger charge is 2.24. The van der Waals surface area contributed by atoms with Crippen molar-refractivity contribution in [1.82, 2.24) is 0 Å². The number of hydrogen-bond acceptors (Lipinski definition) is 8. The quantitative estimate of drug-likeness (QED) is 0.192. The molecule has 0 bridgehead atoms. The summed E-state index contributed by atoms with van der Waals surface area (Å²) in [5.41, 5.74) is 1.61. The molecule has 0 aromatic heterocycles. The monoisotopic (exact) mass is 480 g/mol. The molecule has 2 aromatic rings. The molecule has 0 saturated heterocycles. The molecule has 2 atom stereocenters. The number of esters is 2. The van der Waals surface area contributed by atoms with E-state index in [0.717, 1.165) is 11.1 Å². The topological polar surface area (TPSA) is 136 Å². The van der Waals surface area contributed by atoms with E-state index >= 15 is 0 Å². The van der Waals surface area contributed by atoms with Gasteiger partial charge >= 0.3 is 11.9 Å². The third-order valence-electron chi connectivity index (χ3n) is 4.63. The van der Waals surface area contributed by atoms with Crippen LogP contribution in [0.15, 0.2) is 54.6 Å². The van der Waals surface area contributed by atoms with Gasteiger partial charge in [-0.3, -0.25) is 14.1 Å². The van der Waals surface area contributed by atoms with Crippen molar-refractivity contribution in [2.75, 3.05) is 12.4 Å². The van der Waals surface area contributed by atoms with E-state index in [4.69, 9.17) is 18.8 Å². The van der Waals surface area contributed by atoms with Crippen LogP contribution >= 0.6 is 0 Å². The van der Waals surface area contributed by atoms with Gasteiger partial charge in [0.05, 0.1) is 18.6 Å². The summed E-state index contributed by atoms with van der Waals surface area (Å²) in [7, 11) is -4.25. The number of aliphatic hydroxyl groups excluding tert-OH is 1. The van der Waals surface area contributed by atoms with E-state index < -0.39 is 46.4 Å². The molecular weight excluding hydrogens is 452 g/mol. The molecule has 9 nitrogen and oxygen atoms in total. The highest BCUT2D eigenvalue weighted by atomic mass is 32.2. The highest BCUT2D eigenvalue weighted by molar-refractivity contribution is 7.85.